The molecule has 0 amide bonds. The van der Waals surface area contributed by atoms with Crippen molar-refractivity contribution >= 4 is 15.8 Å². The van der Waals surface area contributed by atoms with Crippen LogP contribution in [-0.2, 0) is 10.0 Å². The fourth-order valence-electron chi connectivity index (χ4n) is 2.67. The lowest BCUT2D eigenvalue weighted by Gasteiger charge is -2.34. The Morgan fingerprint density at radius 2 is 2.00 bits per heavy atom. The third kappa shape index (κ3) is 2.69. The summed E-state index contributed by atoms with van der Waals surface area (Å²) in [4.78, 5) is 0.0516. The molecule has 1 aromatic carbocycles. The van der Waals surface area contributed by atoms with Gasteiger partial charge in [0.25, 0.3) is 10.0 Å². The Morgan fingerprint density at radius 1 is 1.26 bits per heavy atom. The number of aryl methyl sites for hydroxylation is 1. The Morgan fingerprint density at radius 3 is 2.65 bits per heavy atom. The number of fused-ring (bicyclic) bond motifs is 1. The average Bonchev–Trinajstić information content (AvgIpc) is 2.94. The van der Waals surface area contributed by atoms with Gasteiger partial charge < -0.3 is 0 Å². The fraction of sp³-hybridized carbons (Fsp3) is 0.357. The summed E-state index contributed by atoms with van der Waals surface area (Å²) in [6.07, 6.45) is -3.67. The molecule has 0 N–H and O–H groups in total. The number of anilines is 1. The summed E-state index contributed by atoms with van der Waals surface area (Å²) in [6.45, 7) is 1.51. The van der Waals surface area contributed by atoms with E-state index in [2.05, 4.69) is 5.10 Å². The van der Waals surface area contributed by atoms with Crippen LogP contribution < -0.4 is 4.31 Å². The van der Waals surface area contributed by atoms with Gasteiger partial charge in [-0.2, -0.15) is 18.3 Å². The normalized spacial score (nSPS) is 18.8. The third-order valence-corrected chi connectivity index (χ3v) is 5.56. The van der Waals surface area contributed by atoms with Crippen molar-refractivity contribution in [2.45, 2.75) is 30.5 Å². The number of halogens is 3. The standard InChI is InChI=1S/C14H14F3N3O2S/c1-10-3-2-4-11(9-10)23(21,22)19-8-6-12(14(15,16)17)20-13(19)5-7-18-20/h2-5,7,9,12H,6,8H2,1H3/t12-/m0/s1. The summed E-state index contributed by atoms with van der Waals surface area (Å²) in [7, 11) is -3.93. The van der Waals surface area contributed by atoms with Gasteiger partial charge in [-0.25, -0.2) is 17.4 Å². The van der Waals surface area contributed by atoms with Gasteiger partial charge in [0.1, 0.15) is 5.82 Å². The molecule has 124 valence electrons. The molecule has 1 aliphatic rings. The second-order valence-electron chi connectivity index (χ2n) is 5.37. The van der Waals surface area contributed by atoms with E-state index < -0.39 is 22.2 Å². The molecule has 3 rings (SSSR count). The molecule has 23 heavy (non-hydrogen) atoms. The highest BCUT2D eigenvalue weighted by Crippen LogP contribution is 2.40. The Balaban J connectivity index is 2.05. The summed E-state index contributed by atoms with van der Waals surface area (Å²) in [5, 5.41) is 3.67. The van der Waals surface area contributed by atoms with Crippen LogP contribution in [0.5, 0.6) is 0 Å². The van der Waals surface area contributed by atoms with Gasteiger partial charge in [0.15, 0.2) is 6.04 Å². The van der Waals surface area contributed by atoms with E-state index in [1.807, 2.05) is 0 Å². The molecular weight excluding hydrogens is 331 g/mol. The zero-order valence-electron chi connectivity index (χ0n) is 12.2. The van der Waals surface area contributed by atoms with E-state index in [1.54, 1.807) is 19.1 Å². The molecule has 2 heterocycles. The predicted molar refractivity (Wildman–Crippen MR) is 77.6 cm³/mol. The van der Waals surface area contributed by atoms with E-state index >= 15 is 0 Å². The fourth-order valence-corrected chi connectivity index (χ4v) is 4.25. The van der Waals surface area contributed by atoms with Crippen LogP contribution in [-0.4, -0.2) is 30.9 Å². The molecule has 0 spiro atoms. The number of aromatic nitrogens is 2. The van der Waals surface area contributed by atoms with Gasteiger partial charge >= 0.3 is 6.18 Å². The number of benzene rings is 1. The summed E-state index contributed by atoms with van der Waals surface area (Å²) in [5.41, 5.74) is 0.754. The molecule has 1 aromatic heterocycles. The number of hydrogen-bond acceptors (Lipinski definition) is 3. The van der Waals surface area contributed by atoms with Crippen molar-refractivity contribution in [1.29, 1.82) is 0 Å². The lowest BCUT2D eigenvalue weighted by atomic mass is 10.1. The highest BCUT2D eigenvalue weighted by Gasteiger charge is 2.46. The second kappa shape index (κ2) is 5.26. The molecule has 9 heteroatoms. The van der Waals surface area contributed by atoms with Crippen LogP contribution in [0, 0.1) is 6.92 Å². The van der Waals surface area contributed by atoms with Gasteiger partial charge in [-0.15, -0.1) is 0 Å². The maximum Gasteiger partial charge on any atom is 0.410 e. The molecule has 2 aromatic rings. The van der Waals surface area contributed by atoms with Crippen LogP contribution in [0.25, 0.3) is 0 Å². The SMILES string of the molecule is Cc1cccc(S(=O)(=O)N2CC[C@@H](C(F)(F)F)n3nccc32)c1. The van der Waals surface area contributed by atoms with Crippen molar-refractivity contribution in [1.82, 2.24) is 9.78 Å². The van der Waals surface area contributed by atoms with Gasteiger partial charge in [-0.1, -0.05) is 12.1 Å². The number of alkyl halides is 3. The zero-order chi connectivity index (χ0) is 16.8. The van der Waals surface area contributed by atoms with Crippen LogP contribution in [0.15, 0.2) is 41.4 Å². The summed E-state index contributed by atoms with van der Waals surface area (Å²) >= 11 is 0. The van der Waals surface area contributed by atoms with Crippen LogP contribution in [0.4, 0.5) is 19.0 Å². The van der Waals surface area contributed by atoms with Crippen LogP contribution >= 0.6 is 0 Å². The quantitative estimate of drug-likeness (QED) is 0.841. The molecular formula is C14H14F3N3O2S. The maximum absolute atomic E-state index is 13.1. The molecule has 1 aliphatic heterocycles. The highest BCUT2D eigenvalue weighted by atomic mass is 32.2. The van der Waals surface area contributed by atoms with Crippen molar-refractivity contribution in [2.24, 2.45) is 0 Å². The van der Waals surface area contributed by atoms with Gasteiger partial charge in [0.05, 0.1) is 11.1 Å². The Labute approximate surface area is 131 Å². The predicted octanol–water partition coefficient (Wildman–Crippen LogP) is 2.89. The minimum Gasteiger partial charge on any atom is -0.250 e. The van der Waals surface area contributed by atoms with Crippen molar-refractivity contribution in [3.05, 3.63) is 42.1 Å². The Kier molecular flexibility index (Phi) is 3.62. The van der Waals surface area contributed by atoms with Gasteiger partial charge in [-0.05, 0) is 31.0 Å². The van der Waals surface area contributed by atoms with Crippen molar-refractivity contribution in [3.63, 3.8) is 0 Å². The lowest BCUT2D eigenvalue weighted by molar-refractivity contribution is -0.172. The minimum atomic E-state index is -4.47. The molecule has 0 unspecified atom stereocenters. The van der Waals surface area contributed by atoms with E-state index in [4.69, 9.17) is 0 Å². The molecule has 0 saturated carbocycles. The molecule has 0 saturated heterocycles. The number of nitrogens with zero attached hydrogens (tertiary/aromatic N) is 3. The third-order valence-electron chi connectivity index (χ3n) is 3.76. The van der Waals surface area contributed by atoms with Gasteiger partial charge in [0.2, 0.25) is 0 Å². The molecule has 0 fully saturated rings. The van der Waals surface area contributed by atoms with Crippen LogP contribution in [0.1, 0.15) is 18.0 Å². The average molecular weight is 345 g/mol. The van der Waals surface area contributed by atoms with Crippen molar-refractivity contribution < 1.29 is 21.6 Å². The number of hydrogen-bond donors (Lipinski definition) is 0. The highest BCUT2D eigenvalue weighted by molar-refractivity contribution is 7.92. The largest absolute Gasteiger partial charge is 0.410 e. The second-order valence-corrected chi connectivity index (χ2v) is 7.24. The smallest absolute Gasteiger partial charge is 0.250 e. The summed E-state index contributed by atoms with van der Waals surface area (Å²) < 4.78 is 66.4. The first-order chi connectivity index (χ1) is 10.7. The van der Waals surface area contributed by atoms with E-state index in [0.29, 0.717) is 0 Å². The van der Waals surface area contributed by atoms with Gasteiger partial charge in [0, 0.05) is 12.6 Å². The van der Waals surface area contributed by atoms with Crippen molar-refractivity contribution in [3.8, 4) is 0 Å². The molecule has 5 nitrogen and oxygen atoms in total. The van der Waals surface area contributed by atoms with E-state index in [-0.39, 0.29) is 23.7 Å². The minimum absolute atomic E-state index is 0.0516. The van der Waals surface area contributed by atoms with E-state index in [1.165, 1.54) is 24.4 Å². The molecule has 0 aliphatic carbocycles. The molecule has 0 radical (unpaired) electrons. The monoisotopic (exact) mass is 345 g/mol. The van der Waals surface area contributed by atoms with E-state index in [0.717, 1.165) is 14.6 Å². The van der Waals surface area contributed by atoms with Gasteiger partial charge in [-0.3, -0.25) is 0 Å². The summed E-state index contributed by atoms with van der Waals surface area (Å²) in [5.74, 6) is -0.0694. The van der Waals surface area contributed by atoms with Crippen LogP contribution in [0.2, 0.25) is 0 Å². The Hall–Kier alpha value is -2.03. The van der Waals surface area contributed by atoms with Crippen LogP contribution in [0.3, 0.4) is 0 Å². The first-order valence-electron chi connectivity index (χ1n) is 6.91. The molecule has 0 bridgehead atoms. The lowest BCUT2D eigenvalue weighted by Crippen LogP contribution is -2.43. The first-order valence-corrected chi connectivity index (χ1v) is 8.35. The first kappa shape index (κ1) is 15.9. The summed E-state index contributed by atoms with van der Waals surface area (Å²) in [6, 6.07) is 5.74. The zero-order valence-corrected chi connectivity index (χ0v) is 13.0. The van der Waals surface area contributed by atoms with Crippen molar-refractivity contribution in [2.75, 3.05) is 10.8 Å². The maximum atomic E-state index is 13.1. The topological polar surface area (TPSA) is 55.2 Å². The Bertz CT molecular complexity index is 830. The van der Waals surface area contributed by atoms with E-state index in [9.17, 15) is 21.6 Å². The number of sulfonamides is 1. The number of rotatable bonds is 2. The molecule has 1 atom stereocenters.